The van der Waals surface area contributed by atoms with E-state index >= 15 is 0 Å². The van der Waals surface area contributed by atoms with E-state index in [1.165, 1.54) is 88.3 Å². The van der Waals surface area contributed by atoms with Crippen molar-refractivity contribution in [3.63, 3.8) is 0 Å². The Morgan fingerprint density at radius 3 is 2.50 bits per heavy atom. The maximum atomic E-state index is 13.8. The van der Waals surface area contributed by atoms with Crippen LogP contribution in [0.25, 0.3) is 0 Å². The number of hydrogen-bond donors (Lipinski definition) is 0. The van der Waals surface area contributed by atoms with Gasteiger partial charge in [0.05, 0.1) is 11.1 Å². The third-order valence-electron chi connectivity index (χ3n) is 8.08. The molecule has 2 aromatic rings. The topological polar surface area (TPSA) is 50.1 Å². The second-order valence-electron chi connectivity index (χ2n) is 10.3. The number of fused-ring (bicyclic) bond motifs is 1. The molecular formula is C30H36FNO2. The molecule has 2 fully saturated rings. The zero-order valence-corrected chi connectivity index (χ0v) is 20.3. The van der Waals surface area contributed by atoms with E-state index in [1.54, 1.807) is 6.07 Å². The average Bonchev–Trinajstić information content (AvgIpc) is 2.86. The SMILES string of the molecule is CCCCCCC1CCC2CC(c3ccc(C(=O)Oc4ccc(C#N)c(F)c4)cc3)CCC2C1. The standard InChI is InChI=1S/C30H36FNO2/c1-2-3-4-5-6-21-7-8-26-18-25(14-13-24(26)17-21)22-9-11-23(12-10-22)30(33)34-28-16-15-27(20-32)29(31)19-28/h9-12,15-16,19,21,24-26H,2-8,13-14,17-18H2,1H3. The van der Waals surface area contributed by atoms with E-state index in [9.17, 15) is 9.18 Å². The molecule has 2 aliphatic rings. The van der Waals surface area contributed by atoms with Gasteiger partial charge in [0.15, 0.2) is 0 Å². The van der Waals surface area contributed by atoms with Crippen molar-refractivity contribution < 1.29 is 13.9 Å². The Labute approximate surface area is 203 Å². The van der Waals surface area contributed by atoms with E-state index in [-0.39, 0.29) is 11.3 Å². The molecule has 2 saturated carbocycles. The predicted octanol–water partition coefficient (Wildman–Crippen LogP) is 8.19. The highest BCUT2D eigenvalue weighted by Crippen LogP contribution is 2.48. The second-order valence-corrected chi connectivity index (χ2v) is 10.3. The van der Waals surface area contributed by atoms with Gasteiger partial charge in [-0.25, -0.2) is 9.18 Å². The molecule has 4 atom stereocenters. The summed E-state index contributed by atoms with van der Waals surface area (Å²) in [5.41, 5.74) is 1.69. The van der Waals surface area contributed by atoms with Crippen LogP contribution in [0, 0.1) is 34.9 Å². The molecule has 0 bridgehead atoms. The minimum atomic E-state index is -0.690. The molecule has 0 heterocycles. The van der Waals surface area contributed by atoms with Crippen LogP contribution in [0.1, 0.15) is 105 Å². The van der Waals surface area contributed by atoms with Crippen molar-refractivity contribution in [2.75, 3.05) is 0 Å². The van der Waals surface area contributed by atoms with Crippen LogP contribution in [0.4, 0.5) is 4.39 Å². The van der Waals surface area contributed by atoms with Crippen molar-refractivity contribution in [3.8, 4) is 11.8 Å². The first-order chi connectivity index (χ1) is 16.6. The number of hydrogen-bond acceptors (Lipinski definition) is 3. The van der Waals surface area contributed by atoms with Crippen molar-refractivity contribution in [1.82, 2.24) is 0 Å². The highest BCUT2D eigenvalue weighted by Gasteiger charge is 2.35. The third kappa shape index (κ3) is 6.06. The molecule has 4 rings (SSSR count). The number of benzene rings is 2. The van der Waals surface area contributed by atoms with Crippen LogP contribution in [-0.2, 0) is 0 Å². The Morgan fingerprint density at radius 2 is 1.76 bits per heavy atom. The molecule has 2 aliphatic carbocycles. The maximum absolute atomic E-state index is 13.8. The smallest absolute Gasteiger partial charge is 0.343 e. The molecule has 0 saturated heterocycles. The summed E-state index contributed by atoms with van der Waals surface area (Å²) in [5, 5.41) is 8.83. The normalized spacial score (nSPS) is 24.1. The molecule has 4 heteroatoms. The molecular weight excluding hydrogens is 425 g/mol. The van der Waals surface area contributed by atoms with E-state index in [4.69, 9.17) is 10.00 Å². The van der Waals surface area contributed by atoms with Gasteiger partial charge in [-0.15, -0.1) is 0 Å². The fraction of sp³-hybridized carbons (Fsp3) is 0.533. The Hall–Kier alpha value is -2.67. The van der Waals surface area contributed by atoms with Crippen molar-refractivity contribution >= 4 is 5.97 Å². The molecule has 4 unspecified atom stereocenters. The summed E-state index contributed by atoms with van der Waals surface area (Å²) in [6, 6.07) is 13.3. The van der Waals surface area contributed by atoms with Gasteiger partial charge in [-0.1, -0.05) is 57.6 Å². The summed E-state index contributed by atoms with van der Waals surface area (Å²) in [7, 11) is 0. The highest BCUT2D eigenvalue weighted by atomic mass is 19.1. The van der Waals surface area contributed by atoms with Crippen LogP contribution >= 0.6 is 0 Å². The molecule has 0 radical (unpaired) electrons. The van der Waals surface area contributed by atoms with Crippen molar-refractivity contribution in [2.45, 2.75) is 83.5 Å². The number of esters is 1. The first-order valence-electron chi connectivity index (χ1n) is 13.1. The maximum Gasteiger partial charge on any atom is 0.343 e. The van der Waals surface area contributed by atoms with Gasteiger partial charge in [0.2, 0.25) is 0 Å². The molecule has 0 spiro atoms. The molecule has 180 valence electrons. The largest absolute Gasteiger partial charge is 0.423 e. The van der Waals surface area contributed by atoms with E-state index < -0.39 is 11.8 Å². The van der Waals surface area contributed by atoms with Crippen LogP contribution in [-0.4, -0.2) is 5.97 Å². The number of rotatable bonds is 8. The van der Waals surface area contributed by atoms with Gasteiger partial charge < -0.3 is 4.74 Å². The minimum absolute atomic E-state index is 0.0701. The lowest BCUT2D eigenvalue weighted by Crippen LogP contribution is -2.30. The lowest BCUT2D eigenvalue weighted by Gasteiger charge is -2.42. The fourth-order valence-corrected chi connectivity index (χ4v) is 6.12. The van der Waals surface area contributed by atoms with E-state index in [0.717, 1.165) is 23.8 Å². The van der Waals surface area contributed by atoms with Crippen LogP contribution in [0.15, 0.2) is 42.5 Å². The Balaban J connectivity index is 1.29. The van der Waals surface area contributed by atoms with Crippen molar-refractivity contribution in [1.29, 1.82) is 5.26 Å². The third-order valence-corrected chi connectivity index (χ3v) is 8.08. The van der Waals surface area contributed by atoms with Crippen LogP contribution in [0.3, 0.4) is 0 Å². The summed E-state index contributed by atoms with van der Waals surface area (Å²) >= 11 is 0. The zero-order valence-electron chi connectivity index (χ0n) is 20.3. The Bertz CT molecular complexity index is 1010. The van der Waals surface area contributed by atoms with E-state index in [0.29, 0.717) is 11.5 Å². The molecule has 0 aromatic heterocycles. The lowest BCUT2D eigenvalue weighted by atomic mass is 9.63. The van der Waals surface area contributed by atoms with E-state index in [1.807, 2.05) is 12.1 Å². The number of halogens is 1. The first kappa shape index (κ1) is 24.5. The van der Waals surface area contributed by atoms with Crippen LogP contribution < -0.4 is 4.74 Å². The number of nitrogens with zero attached hydrogens (tertiary/aromatic N) is 1. The Kier molecular flexibility index (Phi) is 8.38. The van der Waals surface area contributed by atoms with Gasteiger partial charge in [0, 0.05) is 6.07 Å². The molecule has 3 nitrogen and oxygen atoms in total. The van der Waals surface area contributed by atoms with Gasteiger partial charge in [-0.2, -0.15) is 5.26 Å². The molecule has 0 amide bonds. The molecule has 2 aromatic carbocycles. The number of unbranched alkanes of at least 4 members (excludes halogenated alkanes) is 3. The van der Waals surface area contributed by atoms with E-state index in [2.05, 4.69) is 19.1 Å². The van der Waals surface area contributed by atoms with Gasteiger partial charge >= 0.3 is 5.97 Å². The van der Waals surface area contributed by atoms with Crippen molar-refractivity contribution in [2.24, 2.45) is 17.8 Å². The lowest BCUT2D eigenvalue weighted by molar-refractivity contribution is 0.0734. The number of carbonyl (C=O) groups excluding carboxylic acids is 1. The highest BCUT2D eigenvalue weighted by molar-refractivity contribution is 5.91. The minimum Gasteiger partial charge on any atom is -0.423 e. The van der Waals surface area contributed by atoms with Crippen molar-refractivity contribution in [3.05, 3.63) is 65.0 Å². The quantitative estimate of drug-likeness (QED) is 0.226. The van der Waals surface area contributed by atoms with Crippen LogP contribution in [0.5, 0.6) is 5.75 Å². The molecule has 0 aliphatic heterocycles. The predicted molar refractivity (Wildman–Crippen MR) is 132 cm³/mol. The fourth-order valence-electron chi connectivity index (χ4n) is 6.12. The Morgan fingerprint density at radius 1 is 1.00 bits per heavy atom. The molecule has 34 heavy (non-hydrogen) atoms. The first-order valence-corrected chi connectivity index (χ1v) is 13.1. The molecule has 0 N–H and O–H groups in total. The second kappa shape index (κ2) is 11.6. The average molecular weight is 462 g/mol. The van der Waals surface area contributed by atoms with Gasteiger partial charge in [-0.05, 0) is 85.6 Å². The monoisotopic (exact) mass is 461 g/mol. The zero-order chi connectivity index (χ0) is 23.9. The summed E-state index contributed by atoms with van der Waals surface area (Å²) in [6.45, 7) is 2.28. The van der Waals surface area contributed by atoms with Crippen LogP contribution in [0.2, 0.25) is 0 Å². The summed E-state index contributed by atoms with van der Waals surface area (Å²) in [6.07, 6.45) is 15.0. The van der Waals surface area contributed by atoms with Gasteiger partial charge in [0.1, 0.15) is 17.6 Å². The summed E-state index contributed by atoms with van der Waals surface area (Å²) < 4.78 is 19.1. The summed E-state index contributed by atoms with van der Waals surface area (Å²) in [5.74, 6) is 2.17. The summed E-state index contributed by atoms with van der Waals surface area (Å²) in [4.78, 5) is 12.5. The number of ether oxygens (including phenoxy) is 1. The number of nitriles is 1. The van der Waals surface area contributed by atoms with Gasteiger partial charge in [-0.3, -0.25) is 0 Å². The number of carbonyl (C=O) groups is 1. The van der Waals surface area contributed by atoms with Gasteiger partial charge in [0.25, 0.3) is 0 Å².